The van der Waals surface area contributed by atoms with Crippen LogP contribution in [0, 0.1) is 19.7 Å². The van der Waals surface area contributed by atoms with Gasteiger partial charge in [-0.3, -0.25) is 4.79 Å². The van der Waals surface area contributed by atoms with Gasteiger partial charge in [-0.15, -0.1) is 0 Å². The minimum atomic E-state index is -0.221. The summed E-state index contributed by atoms with van der Waals surface area (Å²) in [6.45, 7) is 4.72. The largest absolute Gasteiger partial charge is 0.350 e. The zero-order chi connectivity index (χ0) is 14.4. The molecule has 1 atom stereocenters. The lowest BCUT2D eigenvalue weighted by atomic mass is 10.1. The third-order valence-electron chi connectivity index (χ3n) is 4.01. The molecular weight excluding hydrogens is 257 g/mol. The Morgan fingerprint density at radius 1 is 1.45 bits per heavy atom. The molecule has 1 saturated heterocycles. The van der Waals surface area contributed by atoms with Crippen molar-refractivity contribution in [1.82, 2.24) is 9.88 Å². The molecule has 5 heteroatoms. The number of likely N-dealkylation sites (tertiary alicyclic amines) is 1. The van der Waals surface area contributed by atoms with Crippen LogP contribution >= 0.6 is 0 Å². The highest BCUT2D eigenvalue weighted by Crippen LogP contribution is 2.25. The fourth-order valence-electron chi connectivity index (χ4n) is 2.85. The van der Waals surface area contributed by atoms with Crippen molar-refractivity contribution < 1.29 is 9.18 Å². The highest BCUT2D eigenvalue weighted by atomic mass is 19.1. The first-order valence-electron chi connectivity index (χ1n) is 6.80. The fourth-order valence-corrected chi connectivity index (χ4v) is 2.85. The van der Waals surface area contributed by atoms with Crippen LogP contribution in [0.25, 0.3) is 10.9 Å². The number of aryl methyl sites for hydroxylation is 2. The average molecular weight is 275 g/mol. The molecule has 0 unspecified atom stereocenters. The van der Waals surface area contributed by atoms with E-state index in [9.17, 15) is 9.18 Å². The summed E-state index contributed by atoms with van der Waals surface area (Å²) in [6, 6.07) is 3.62. The number of nitrogens with one attached hydrogen (secondary N) is 1. The number of nitrogens with two attached hydrogens (primary N) is 1. The first-order valence-corrected chi connectivity index (χ1v) is 6.80. The summed E-state index contributed by atoms with van der Waals surface area (Å²) in [5, 5.41) is 0.869. The Hall–Kier alpha value is -1.88. The van der Waals surface area contributed by atoms with Crippen molar-refractivity contribution in [2.24, 2.45) is 5.73 Å². The number of aromatic amines is 1. The van der Waals surface area contributed by atoms with Crippen LogP contribution in [0.1, 0.15) is 28.0 Å². The van der Waals surface area contributed by atoms with Crippen LogP contribution in [0.3, 0.4) is 0 Å². The zero-order valence-electron chi connectivity index (χ0n) is 11.7. The molecule has 0 aliphatic carbocycles. The number of hydrogen-bond acceptors (Lipinski definition) is 2. The van der Waals surface area contributed by atoms with Crippen LogP contribution < -0.4 is 5.73 Å². The number of benzene rings is 1. The summed E-state index contributed by atoms with van der Waals surface area (Å²) in [7, 11) is 0. The Kier molecular flexibility index (Phi) is 3.01. The van der Waals surface area contributed by atoms with Crippen LogP contribution in [0.2, 0.25) is 0 Å². The summed E-state index contributed by atoms with van der Waals surface area (Å²) in [5.74, 6) is -0.284. The first-order chi connectivity index (χ1) is 9.47. The maximum absolute atomic E-state index is 13.9. The molecule has 1 aromatic heterocycles. The van der Waals surface area contributed by atoms with E-state index in [0.717, 1.165) is 11.8 Å². The van der Waals surface area contributed by atoms with Gasteiger partial charge in [0.25, 0.3) is 5.91 Å². The van der Waals surface area contributed by atoms with Gasteiger partial charge in [0.1, 0.15) is 11.5 Å². The monoisotopic (exact) mass is 275 g/mol. The van der Waals surface area contributed by atoms with Crippen molar-refractivity contribution in [2.75, 3.05) is 13.1 Å². The predicted octanol–water partition coefficient (Wildman–Crippen LogP) is 2.10. The number of carbonyl (C=O) groups excluding carboxylic acids is 1. The van der Waals surface area contributed by atoms with Gasteiger partial charge in [0.2, 0.25) is 0 Å². The van der Waals surface area contributed by atoms with Gasteiger partial charge in [0, 0.05) is 30.1 Å². The molecule has 1 amide bonds. The number of aromatic nitrogens is 1. The number of carbonyl (C=O) groups is 1. The minimum absolute atomic E-state index is 0.0600. The van der Waals surface area contributed by atoms with E-state index in [-0.39, 0.29) is 17.8 Å². The highest BCUT2D eigenvalue weighted by molar-refractivity contribution is 5.99. The highest BCUT2D eigenvalue weighted by Gasteiger charge is 2.25. The number of H-pyrrole nitrogens is 1. The van der Waals surface area contributed by atoms with Crippen LogP contribution in [0.15, 0.2) is 12.1 Å². The van der Waals surface area contributed by atoms with E-state index >= 15 is 0 Å². The van der Waals surface area contributed by atoms with E-state index in [2.05, 4.69) is 4.98 Å². The lowest BCUT2D eigenvalue weighted by Gasteiger charge is -2.14. The second kappa shape index (κ2) is 4.59. The van der Waals surface area contributed by atoms with E-state index in [1.165, 1.54) is 0 Å². The third-order valence-corrected chi connectivity index (χ3v) is 4.01. The van der Waals surface area contributed by atoms with Crippen LogP contribution in [0.4, 0.5) is 4.39 Å². The maximum atomic E-state index is 13.9. The molecule has 20 heavy (non-hydrogen) atoms. The standard InChI is InChI=1S/C15H18FN3O/c1-8-5-10-6-12(18-14(10)9(2)13(8)16)15(20)19-4-3-11(17)7-19/h5-6,11,18H,3-4,7,17H2,1-2H3/t11-/m0/s1. The Morgan fingerprint density at radius 3 is 2.85 bits per heavy atom. The quantitative estimate of drug-likeness (QED) is 0.837. The first kappa shape index (κ1) is 13.1. The number of nitrogens with zero attached hydrogens (tertiary/aromatic N) is 1. The van der Waals surface area contributed by atoms with Gasteiger partial charge in [-0.2, -0.15) is 0 Å². The van der Waals surface area contributed by atoms with E-state index < -0.39 is 0 Å². The molecule has 1 aliphatic rings. The van der Waals surface area contributed by atoms with Gasteiger partial charge in [0.15, 0.2) is 0 Å². The molecule has 3 N–H and O–H groups in total. The van der Waals surface area contributed by atoms with E-state index in [1.54, 1.807) is 30.9 Å². The van der Waals surface area contributed by atoms with Crippen molar-refractivity contribution in [2.45, 2.75) is 26.3 Å². The number of fused-ring (bicyclic) bond motifs is 1. The van der Waals surface area contributed by atoms with Gasteiger partial charge in [-0.05, 0) is 38.0 Å². The number of halogens is 1. The molecule has 0 saturated carbocycles. The van der Waals surface area contributed by atoms with Crippen molar-refractivity contribution in [3.8, 4) is 0 Å². The van der Waals surface area contributed by atoms with Gasteiger partial charge >= 0.3 is 0 Å². The predicted molar refractivity (Wildman–Crippen MR) is 76.2 cm³/mol. The van der Waals surface area contributed by atoms with Crippen LogP contribution in [-0.2, 0) is 0 Å². The lowest BCUT2D eigenvalue weighted by molar-refractivity contribution is 0.0786. The van der Waals surface area contributed by atoms with Gasteiger partial charge in [-0.25, -0.2) is 4.39 Å². The van der Waals surface area contributed by atoms with E-state index in [4.69, 9.17) is 5.73 Å². The summed E-state index contributed by atoms with van der Waals surface area (Å²) >= 11 is 0. The van der Waals surface area contributed by atoms with Crippen molar-refractivity contribution in [3.05, 3.63) is 34.8 Å². The smallest absolute Gasteiger partial charge is 0.270 e. The van der Waals surface area contributed by atoms with Crippen molar-refractivity contribution >= 4 is 16.8 Å². The Balaban J connectivity index is 2.01. The molecule has 2 heterocycles. The van der Waals surface area contributed by atoms with Crippen molar-refractivity contribution in [1.29, 1.82) is 0 Å². The van der Waals surface area contributed by atoms with E-state index in [0.29, 0.717) is 35.4 Å². The minimum Gasteiger partial charge on any atom is -0.350 e. The molecule has 0 spiro atoms. The fraction of sp³-hybridized carbons (Fsp3) is 0.400. The van der Waals surface area contributed by atoms with Gasteiger partial charge < -0.3 is 15.6 Å². The molecule has 2 aromatic rings. The molecular formula is C15H18FN3O. The molecule has 0 radical (unpaired) electrons. The molecule has 1 aliphatic heterocycles. The average Bonchev–Trinajstić information content (AvgIpc) is 3.02. The lowest BCUT2D eigenvalue weighted by Crippen LogP contribution is -2.32. The number of hydrogen-bond donors (Lipinski definition) is 2. The SMILES string of the molecule is Cc1cc2cc(C(=O)N3CC[C@H](N)C3)[nH]c2c(C)c1F. The summed E-state index contributed by atoms with van der Waals surface area (Å²) in [5.41, 5.74) is 8.17. The number of rotatable bonds is 1. The Labute approximate surface area is 116 Å². The van der Waals surface area contributed by atoms with E-state index in [1.807, 2.05) is 0 Å². The number of amides is 1. The van der Waals surface area contributed by atoms with Crippen LogP contribution in [-0.4, -0.2) is 34.9 Å². The molecule has 0 bridgehead atoms. The third kappa shape index (κ3) is 1.98. The maximum Gasteiger partial charge on any atom is 0.270 e. The summed E-state index contributed by atoms with van der Waals surface area (Å²) < 4.78 is 13.9. The Morgan fingerprint density at radius 2 is 2.20 bits per heavy atom. The molecule has 106 valence electrons. The van der Waals surface area contributed by atoms with Gasteiger partial charge in [-0.1, -0.05) is 0 Å². The molecule has 3 rings (SSSR count). The second-order valence-electron chi connectivity index (χ2n) is 5.58. The zero-order valence-corrected chi connectivity index (χ0v) is 11.7. The van der Waals surface area contributed by atoms with Crippen molar-refractivity contribution in [3.63, 3.8) is 0 Å². The Bertz CT molecular complexity index is 692. The molecule has 1 aromatic carbocycles. The molecule has 4 nitrogen and oxygen atoms in total. The van der Waals surface area contributed by atoms with Crippen LogP contribution in [0.5, 0.6) is 0 Å². The molecule has 1 fully saturated rings. The normalized spacial score (nSPS) is 19.0. The summed E-state index contributed by atoms with van der Waals surface area (Å²) in [6.07, 6.45) is 0.832. The van der Waals surface area contributed by atoms with Gasteiger partial charge in [0.05, 0.1) is 5.52 Å². The summed E-state index contributed by atoms with van der Waals surface area (Å²) in [4.78, 5) is 17.2. The topological polar surface area (TPSA) is 62.1 Å². The second-order valence-corrected chi connectivity index (χ2v) is 5.58.